The summed E-state index contributed by atoms with van der Waals surface area (Å²) in [6.45, 7) is 3.83. The summed E-state index contributed by atoms with van der Waals surface area (Å²) in [5, 5.41) is 5.68. The van der Waals surface area contributed by atoms with Gasteiger partial charge in [-0.3, -0.25) is 4.79 Å². The highest BCUT2D eigenvalue weighted by Gasteiger charge is 2.29. The van der Waals surface area contributed by atoms with Crippen molar-refractivity contribution in [2.45, 2.75) is 20.3 Å². The van der Waals surface area contributed by atoms with Crippen LogP contribution in [0.5, 0.6) is 0 Å². The van der Waals surface area contributed by atoms with E-state index in [9.17, 15) is 4.79 Å². The minimum Gasteiger partial charge on any atom is -0.404 e. The first-order chi connectivity index (χ1) is 8.19. The summed E-state index contributed by atoms with van der Waals surface area (Å²) in [5.41, 5.74) is 8.48. The van der Waals surface area contributed by atoms with E-state index in [1.54, 1.807) is 6.92 Å². The maximum atomic E-state index is 12.1. The lowest BCUT2D eigenvalue weighted by molar-refractivity contribution is -0.114. The van der Waals surface area contributed by atoms with Crippen LogP contribution in [0.2, 0.25) is 0 Å². The second-order valence-corrected chi connectivity index (χ2v) is 3.86. The van der Waals surface area contributed by atoms with Gasteiger partial charge in [-0.15, -0.1) is 0 Å². The molecule has 0 spiro atoms. The maximum Gasteiger partial charge on any atom is 0.282 e. The van der Waals surface area contributed by atoms with Gasteiger partial charge in [0.05, 0.1) is 17.0 Å². The minimum absolute atomic E-state index is 0.161. The molecule has 1 aliphatic heterocycles. The van der Waals surface area contributed by atoms with Crippen molar-refractivity contribution in [1.82, 2.24) is 0 Å². The first kappa shape index (κ1) is 11.4. The number of rotatable bonds is 2. The molecule has 2 rings (SSSR count). The number of carbonyl (C=O) groups is 1. The monoisotopic (exact) mass is 229 g/mol. The lowest BCUT2D eigenvalue weighted by atomic mass is 10.1. The number of nitrogens with zero attached hydrogens (tertiary/aromatic N) is 2. The molecule has 1 heterocycles. The van der Waals surface area contributed by atoms with Gasteiger partial charge >= 0.3 is 0 Å². The average molecular weight is 229 g/mol. The van der Waals surface area contributed by atoms with Gasteiger partial charge in [0.2, 0.25) is 0 Å². The van der Waals surface area contributed by atoms with Crippen LogP contribution in [0.4, 0.5) is 5.69 Å². The van der Waals surface area contributed by atoms with Gasteiger partial charge in [0.1, 0.15) is 0 Å². The summed E-state index contributed by atoms with van der Waals surface area (Å²) in [7, 11) is 0. The zero-order valence-corrected chi connectivity index (χ0v) is 9.97. The van der Waals surface area contributed by atoms with Crippen LogP contribution in [-0.4, -0.2) is 11.6 Å². The molecular weight excluding hydrogens is 214 g/mol. The summed E-state index contributed by atoms with van der Waals surface area (Å²) in [4.78, 5) is 12.1. The Morgan fingerprint density at radius 3 is 2.71 bits per heavy atom. The van der Waals surface area contributed by atoms with Crippen molar-refractivity contribution in [2.75, 3.05) is 5.01 Å². The molecule has 4 heteroatoms. The Hall–Kier alpha value is -2.10. The average Bonchev–Trinajstić information content (AvgIpc) is 2.64. The molecule has 0 unspecified atom stereocenters. The summed E-state index contributed by atoms with van der Waals surface area (Å²) in [6.07, 6.45) is 2.17. The van der Waals surface area contributed by atoms with Crippen molar-refractivity contribution in [3.05, 3.63) is 41.6 Å². The van der Waals surface area contributed by atoms with Gasteiger partial charge in [-0.05, 0) is 25.0 Å². The highest BCUT2D eigenvalue weighted by molar-refractivity contribution is 6.29. The van der Waals surface area contributed by atoms with Crippen molar-refractivity contribution in [2.24, 2.45) is 10.8 Å². The molecule has 17 heavy (non-hydrogen) atoms. The van der Waals surface area contributed by atoms with Crippen molar-refractivity contribution in [3.8, 4) is 0 Å². The summed E-state index contributed by atoms with van der Waals surface area (Å²) >= 11 is 0. The largest absolute Gasteiger partial charge is 0.404 e. The third kappa shape index (κ3) is 1.82. The van der Waals surface area contributed by atoms with E-state index in [4.69, 9.17) is 5.73 Å². The normalized spacial score (nSPS) is 17.8. The van der Waals surface area contributed by atoms with E-state index in [1.807, 2.05) is 24.3 Å². The van der Waals surface area contributed by atoms with Gasteiger partial charge in [-0.25, -0.2) is 0 Å². The number of nitrogens with two attached hydrogens (primary N) is 1. The van der Waals surface area contributed by atoms with Crippen LogP contribution in [0.15, 0.2) is 41.1 Å². The number of benzene rings is 1. The first-order valence-corrected chi connectivity index (χ1v) is 5.58. The van der Waals surface area contributed by atoms with E-state index in [0.717, 1.165) is 17.7 Å². The van der Waals surface area contributed by atoms with Crippen LogP contribution in [-0.2, 0) is 11.2 Å². The third-order valence-corrected chi connectivity index (χ3v) is 2.83. The zero-order valence-electron chi connectivity index (χ0n) is 9.97. The molecular formula is C13H15N3O. The van der Waals surface area contributed by atoms with Gasteiger partial charge < -0.3 is 5.73 Å². The van der Waals surface area contributed by atoms with Crippen LogP contribution in [0.3, 0.4) is 0 Å². The predicted molar refractivity (Wildman–Crippen MR) is 68.7 cm³/mol. The molecule has 88 valence electrons. The molecule has 0 atom stereocenters. The predicted octanol–water partition coefficient (Wildman–Crippen LogP) is 1.81. The Kier molecular flexibility index (Phi) is 2.95. The van der Waals surface area contributed by atoms with Crippen LogP contribution in [0.1, 0.15) is 19.4 Å². The topological polar surface area (TPSA) is 58.7 Å². The van der Waals surface area contributed by atoms with Crippen molar-refractivity contribution in [3.63, 3.8) is 0 Å². The highest BCUT2D eigenvalue weighted by atomic mass is 16.2. The Balaban J connectivity index is 2.46. The SMILES string of the molecule is CCc1ccccc1N1N=C(C)/C(=C\N)C1=O. The lowest BCUT2D eigenvalue weighted by Crippen LogP contribution is -2.22. The van der Waals surface area contributed by atoms with Crippen LogP contribution < -0.4 is 10.7 Å². The molecule has 1 aliphatic rings. The van der Waals surface area contributed by atoms with Gasteiger partial charge in [0, 0.05) is 6.20 Å². The van der Waals surface area contributed by atoms with Crippen LogP contribution in [0, 0.1) is 0 Å². The third-order valence-electron chi connectivity index (χ3n) is 2.83. The zero-order chi connectivity index (χ0) is 12.4. The molecule has 0 saturated carbocycles. The molecule has 2 N–H and O–H groups in total. The van der Waals surface area contributed by atoms with Crippen molar-refractivity contribution < 1.29 is 4.79 Å². The molecule has 0 aliphatic carbocycles. The summed E-state index contributed by atoms with van der Waals surface area (Å²) < 4.78 is 0. The van der Waals surface area contributed by atoms with E-state index in [-0.39, 0.29) is 5.91 Å². The summed E-state index contributed by atoms with van der Waals surface area (Å²) in [5.74, 6) is -0.161. The molecule has 0 fully saturated rings. The fraction of sp³-hybridized carbons (Fsp3) is 0.231. The second kappa shape index (κ2) is 4.41. The Bertz CT molecular complexity index is 517. The smallest absolute Gasteiger partial charge is 0.282 e. The quantitative estimate of drug-likeness (QED) is 0.786. The fourth-order valence-corrected chi connectivity index (χ4v) is 1.89. The fourth-order valence-electron chi connectivity index (χ4n) is 1.89. The molecule has 0 saturated heterocycles. The number of anilines is 1. The number of carbonyl (C=O) groups excluding carboxylic acids is 1. The van der Waals surface area contributed by atoms with Crippen molar-refractivity contribution >= 4 is 17.3 Å². The standard InChI is InChI=1S/C13H15N3O/c1-3-10-6-4-5-7-12(10)16-13(17)11(8-14)9(2)15-16/h4-8H,3,14H2,1-2H3/b11-8+. The molecule has 1 aromatic rings. The van der Waals surface area contributed by atoms with E-state index in [0.29, 0.717) is 11.3 Å². The molecule has 0 bridgehead atoms. The van der Waals surface area contributed by atoms with Gasteiger partial charge in [0.15, 0.2) is 0 Å². The number of hydrogen-bond acceptors (Lipinski definition) is 3. The maximum absolute atomic E-state index is 12.1. The molecule has 1 aromatic carbocycles. The molecule has 1 amide bonds. The molecule has 0 aromatic heterocycles. The minimum atomic E-state index is -0.161. The van der Waals surface area contributed by atoms with Crippen LogP contribution in [0.25, 0.3) is 0 Å². The van der Waals surface area contributed by atoms with E-state index < -0.39 is 0 Å². The van der Waals surface area contributed by atoms with E-state index in [2.05, 4.69) is 12.0 Å². The Labute approximate surface area is 100 Å². The number of para-hydroxylation sites is 1. The van der Waals surface area contributed by atoms with Crippen molar-refractivity contribution in [1.29, 1.82) is 0 Å². The summed E-state index contributed by atoms with van der Waals surface area (Å²) in [6, 6.07) is 7.75. The molecule has 4 nitrogen and oxygen atoms in total. The number of hydrazone groups is 1. The van der Waals surface area contributed by atoms with Gasteiger partial charge in [0.25, 0.3) is 5.91 Å². The van der Waals surface area contributed by atoms with E-state index >= 15 is 0 Å². The van der Waals surface area contributed by atoms with Crippen LogP contribution >= 0.6 is 0 Å². The Morgan fingerprint density at radius 1 is 1.41 bits per heavy atom. The van der Waals surface area contributed by atoms with Gasteiger partial charge in [-0.1, -0.05) is 25.1 Å². The number of amides is 1. The first-order valence-electron chi connectivity index (χ1n) is 5.58. The van der Waals surface area contributed by atoms with E-state index in [1.165, 1.54) is 11.2 Å². The highest BCUT2D eigenvalue weighted by Crippen LogP contribution is 2.26. The second-order valence-electron chi connectivity index (χ2n) is 3.86. The number of hydrogen-bond donors (Lipinski definition) is 1. The Morgan fingerprint density at radius 2 is 2.12 bits per heavy atom. The number of aryl methyl sites for hydroxylation is 1. The lowest BCUT2D eigenvalue weighted by Gasteiger charge is -2.15. The van der Waals surface area contributed by atoms with Gasteiger partial charge in [-0.2, -0.15) is 10.1 Å². The molecule has 0 radical (unpaired) electrons.